The molecule has 0 aliphatic carbocycles. The van der Waals surface area contributed by atoms with Crippen molar-refractivity contribution in [1.82, 2.24) is 20.4 Å². The first-order chi connectivity index (χ1) is 18.7. The number of aliphatic hydroxyl groups is 1. The summed E-state index contributed by atoms with van der Waals surface area (Å²) in [4.78, 5) is 39.9. The number of halogens is 1. The molecule has 3 aromatic rings. The van der Waals surface area contributed by atoms with Crippen molar-refractivity contribution in [1.29, 1.82) is 0 Å². The Morgan fingerprint density at radius 2 is 1.85 bits per heavy atom. The number of rotatable bonds is 7. The number of hydrogen-bond donors (Lipinski definition) is 3. The maximum atomic E-state index is 13.8. The van der Waals surface area contributed by atoms with Gasteiger partial charge in [0.1, 0.15) is 5.82 Å². The standard InChI is InChI=1S/C28H31FN4O3.C2H6O/c1-4-24-10-11-25(20-6-5-7-23(29)15-20)33(24)26(34)16-30-27(35)21-9-8-19(17(2)12-21)14-22-13-18(3)31-32-28(22)36;1-2-3/h5-9,12-13,15,24-25H,4,10-11,14,16H2,1-3H3,(H,30,35)(H,32,36);3H,2H2,1H3. The highest BCUT2D eigenvalue weighted by Crippen LogP contribution is 2.37. The highest BCUT2D eigenvalue weighted by molar-refractivity contribution is 5.96. The van der Waals surface area contributed by atoms with Crippen LogP contribution < -0.4 is 10.9 Å². The van der Waals surface area contributed by atoms with Gasteiger partial charge in [0.05, 0.1) is 18.3 Å². The Kier molecular flexibility index (Phi) is 10.5. The summed E-state index contributed by atoms with van der Waals surface area (Å²) in [5.74, 6) is -0.844. The second-order valence-electron chi connectivity index (χ2n) is 9.69. The summed E-state index contributed by atoms with van der Waals surface area (Å²) in [6.45, 7) is 7.53. The lowest BCUT2D eigenvalue weighted by atomic mass is 9.99. The Morgan fingerprint density at radius 3 is 2.51 bits per heavy atom. The molecule has 0 spiro atoms. The van der Waals surface area contributed by atoms with Crippen LogP contribution in [0.1, 0.15) is 77.5 Å². The number of aromatic amines is 1. The fourth-order valence-corrected chi connectivity index (χ4v) is 4.98. The molecule has 1 aliphatic rings. The Balaban J connectivity index is 0.00000134. The zero-order chi connectivity index (χ0) is 28.5. The normalized spacial score (nSPS) is 16.4. The molecule has 1 aromatic heterocycles. The van der Waals surface area contributed by atoms with Crippen molar-refractivity contribution in [2.75, 3.05) is 13.2 Å². The minimum absolute atomic E-state index is 0.0594. The van der Waals surface area contributed by atoms with E-state index in [0.717, 1.165) is 41.6 Å². The molecule has 4 rings (SSSR count). The van der Waals surface area contributed by atoms with E-state index >= 15 is 0 Å². The van der Waals surface area contributed by atoms with E-state index in [1.54, 1.807) is 36.1 Å². The van der Waals surface area contributed by atoms with E-state index in [9.17, 15) is 18.8 Å². The molecule has 9 heteroatoms. The predicted octanol–water partition coefficient (Wildman–Crippen LogP) is 3.99. The summed E-state index contributed by atoms with van der Waals surface area (Å²) in [6, 6.07) is 13.3. The van der Waals surface area contributed by atoms with Gasteiger partial charge in [-0.05, 0) is 87.1 Å². The lowest BCUT2D eigenvalue weighted by molar-refractivity contribution is -0.133. The number of aromatic nitrogens is 2. The largest absolute Gasteiger partial charge is 0.397 e. The first-order valence-corrected chi connectivity index (χ1v) is 13.3. The average molecular weight is 537 g/mol. The van der Waals surface area contributed by atoms with Crippen molar-refractivity contribution >= 4 is 11.8 Å². The third-order valence-electron chi connectivity index (χ3n) is 6.89. The smallest absolute Gasteiger partial charge is 0.267 e. The quantitative estimate of drug-likeness (QED) is 0.422. The monoisotopic (exact) mass is 536 g/mol. The van der Waals surface area contributed by atoms with E-state index in [4.69, 9.17) is 5.11 Å². The number of aliphatic hydroxyl groups excluding tert-OH is 1. The van der Waals surface area contributed by atoms with Crippen LogP contribution in [0.15, 0.2) is 53.3 Å². The number of hydrogen-bond acceptors (Lipinski definition) is 5. The zero-order valence-corrected chi connectivity index (χ0v) is 23.0. The minimum atomic E-state index is -0.342. The lowest BCUT2D eigenvalue weighted by Crippen LogP contribution is -2.43. The van der Waals surface area contributed by atoms with Crippen LogP contribution >= 0.6 is 0 Å². The molecule has 2 atom stereocenters. The van der Waals surface area contributed by atoms with Gasteiger partial charge in [-0.3, -0.25) is 14.4 Å². The van der Waals surface area contributed by atoms with Gasteiger partial charge in [0.15, 0.2) is 0 Å². The van der Waals surface area contributed by atoms with E-state index in [0.29, 0.717) is 17.5 Å². The summed E-state index contributed by atoms with van der Waals surface area (Å²) in [6.07, 6.45) is 2.84. The SMILES string of the molecule is CCC1CCC(c2cccc(F)c2)N1C(=O)CNC(=O)c1ccc(Cc2cc(C)n[nH]c2=O)c(C)c1.CCO. The topological polar surface area (TPSA) is 115 Å². The molecule has 2 unspecified atom stereocenters. The number of likely N-dealkylation sites (tertiary alicyclic amines) is 1. The van der Waals surface area contributed by atoms with E-state index < -0.39 is 0 Å². The minimum Gasteiger partial charge on any atom is -0.397 e. The van der Waals surface area contributed by atoms with E-state index in [2.05, 4.69) is 15.5 Å². The first kappa shape index (κ1) is 29.7. The molecule has 1 fully saturated rings. The van der Waals surface area contributed by atoms with Gasteiger partial charge >= 0.3 is 0 Å². The number of H-pyrrole nitrogens is 1. The van der Waals surface area contributed by atoms with Gasteiger partial charge in [0, 0.05) is 30.2 Å². The van der Waals surface area contributed by atoms with Gasteiger partial charge in [0.25, 0.3) is 11.5 Å². The number of nitrogens with one attached hydrogen (secondary N) is 2. The molecule has 2 amide bonds. The van der Waals surface area contributed by atoms with Crippen molar-refractivity contribution in [3.63, 3.8) is 0 Å². The Hall–Kier alpha value is -3.85. The van der Waals surface area contributed by atoms with E-state index in [-0.39, 0.29) is 48.4 Å². The van der Waals surface area contributed by atoms with Gasteiger partial charge in [0.2, 0.25) is 5.91 Å². The molecule has 0 bridgehead atoms. The second kappa shape index (κ2) is 13.8. The summed E-state index contributed by atoms with van der Waals surface area (Å²) in [5, 5.41) is 16.7. The third kappa shape index (κ3) is 7.60. The summed E-state index contributed by atoms with van der Waals surface area (Å²) >= 11 is 0. The summed E-state index contributed by atoms with van der Waals surface area (Å²) in [5.41, 5.74) is 4.13. The van der Waals surface area contributed by atoms with Crippen LogP contribution in [-0.4, -0.2) is 51.2 Å². The molecule has 0 saturated carbocycles. The number of carbonyl (C=O) groups excluding carboxylic acids is 2. The number of amides is 2. The number of aryl methyl sites for hydroxylation is 2. The molecule has 1 aliphatic heterocycles. The Morgan fingerprint density at radius 1 is 1.10 bits per heavy atom. The molecular formula is C30H37FN4O4. The zero-order valence-electron chi connectivity index (χ0n) is 23.0. The van der Waals surface area contributed by atoms with Crippen molar-refractivity contribution in [3.8, 4) is 0 Å². The fourth-order valence-electron chi connectivity index (χ4n) is 4.98. The van der Waals surface area contributed by atoms with Crippen LogP contribution in [0.3, 0.4) is 0 Å². The molecule has 0 radical (unpaired) electrons. The van der Waals surface area contributed by atoms with Crippen molar-refractivity contribution in [2.45, 2.75) is 65.5 Å². The van der Waals surface area contributed by atoms with Gasteiger partial charge in [-0.25, -0.2) is 9.49 Å². The molecule has 39 heavy (non-hydrogen) atoms. The number of nitrogens with zero attached hydrogens (tertiary/aromatic N) is 2. The van der Waals surface area contributed by atoms with Crippen LogP contribution in [0, 0.1) is 19.7 Å². The van der Waals surface area contributed by atoms with Gasteiger partial charge in [-0.2, -0.15) is 5.10 Å². The van der Waals surface area contributed by atoms with E-state index in [1.807, 2.05) is 32.9 Å². The number of carbonyl (C=O) groups is 2. The van der Waals surface area contributed by atoms with E-state index in [1.165, 1.54) is 12.1 Å². The fraction of sp³-hybridized carbons (Fsp3) is 0.400. The Bertz CT molecular complexity index is 1360. The first-order valence-electron chi connectivity index (χ1n) is 13.3. The lowest BCUT2D eigenvalue weighted by Gasteiger charge is -2.30. The van der Waals surface area contributed by atoms with Crippen LogP contribution in [0.5, 0.6) is 0 Å². The molecule has 8 nitrogen and oxygen atoms in total. The molecule has 2 heterocycles. The predicted molar refractivity (Wildman–Crippen MR) is 148 cm³/mol. The number of benzene rings is 2. The van der Waals surface area contributed by atoms with Crippen LogP contribution in [0.2, 0.25) is 0 Å². The van der Waals surface area contributed by atoms with Crippen LogP contribution in [0.4, 0.5) is 4.39 Å². The van der Waals surface area contributed by atoms with Crippen molar-refractivity contribution in [3.05, 3.63) is 98.2 Å². The van der Waals surface area contributed by atoms with Gasteiger partial charge < -0.3 is 15.3 Å². The molecule has 208 valence electrons. The summed E-state index contributed by atoms with van der Waals surface area (Å²) in [7, 11) is 0. The third-order valence-corrected chi connectivity index (χ3v) is 6.89. The van der Waals surface area contributed by atoms with Crippen molar-refractivity contribution < 1.29 is 19.1 Å². The molecular weight excluding hydrogens is 499 g/mol. The molecule has 2 aromatic carbocycles. The highest BCUT2D eigenvalue weighted by atomic mass is 19.1. The molecule has 3 N–H and O–H groups in total. The van der Waals surface area contributed by atoms with Gasteiger partial charge in [-0.15, -0.1) is 0 Å². The highest BCUT2D eigenvalue weighted by Gasteiger charge is 2.36. The Labute approximate surface area is 228 Å². The second-order valence-corrected chi connectivity index (χ2v) is 9.69. The van der Waals surface area contributed by atoms with Crippen LogP contribution in [-0.2, 0) is 11.2 Å². The maximum absolute atomic E-state index is 13.8. The average Bonchev–Trinajstić information content (AvgIpc) is 3.35. The van der Waals surface area contributed by atoms with Crippen molar-refractivity contribution in [2.24, 2.45) is 0 Å². The maximum Gasteiger partial charge on any atom is 0.267 e. The molecule has 1 saturated heterocycles. The van der Waals surface area contributed by atoms with Gasteiger partial charge in [-0.1, -0.05) is 25.1 Å². The summed E-state index contributed by atoms with van der Waals surface area (Å²) < 4.78 is 13.8. The van der Waals surface area contributed by atoms with Crippen LogP contribution in [0.25, 0.3) is 0 Å².